The van der Waals surface area contributed by atoms with Gasteiger partial charge >= 0.3 is 0 Å². The van der Waals surface area contributed by atoms with E-state index in [0.29, 0.717) is 16.2 Å². The van der Waals surface area contributed by atoms with Gasteiger partial charge in [-0.2, -0.15) is 0 Å². The molecule has 0 aromatic rings. The molecule has 0 heterocycles. The van der Waals surface area contributed by atoms with Crippen molar-refractivity contribution in [3.05, 3.63) is 0 Å². The van der Waals surface area contributed by atoms with Crippen LogP contribution < -0.4 is 0 Å². The maximum absolute atomic E-state index is 2.43. The van der Waals surface area contributed by atoms with Gasteiger partial charge < -0.3 is 0 Å². The van der Waals surface area contributed by atoms with Crippen LogP contribution in [0, 0.1) is 16.2 Å². The molecule has 80 valence electrons. The first kappa shape index (κ1) is 13.0. The highest BCUT2D eigenvalue weighted by molar-refractivity contribution is 4.88. The number of rotatable bonds is 2. The van der Waals surface area contributed by atoms with Crippen LogP contribution in [0.2, 0.25) is 0 Å². The highest BCUT2D eigenvalue weighted by Gasteiger charge is 2.38. The molecule has 0 nitrogen and oxygen atoms in total. The second-order valence-electron chi connectivity index (χ2n) is 6.90. The van der Waals surface area contributed by atoms with Crippen LogP contribution in [-0.2, 0) is 0 Å². The Balaban J connectivity index is 4.67. The Bertz CT molecular complexity index is 154. The van der Waals surface area contributed by atoms with E-state index in [0.717, 1.165) is 0 Å². The van der Waals surface area contributed by atoms with Crippen LogP contribution in [0.25, 0.3) is 0 Å². The van der Waals surface area contributed by atoms with Gasteiger partial charge in [-0.25, -0.2) is 0 Å². The molecular weight excluding hydrogens is 156 g/mol. The molecule has 0 saturated carbocycles. The van der Waals surface area contributed by atoms with Crippen LogP contribution in [0.4, 0.5) is 0 Å². The summed E-state index contributed by atoms with van der Waals surface area (Å²) in [6.07, 6.45) is 2.58. The van der Waals surface area contributed by atoms with E-state index in [2.05, 4.69) is 55.4 Å². The summed E-state index contributed by atoms with van der Waals surface area (Å²) in [5.41, 5.74) is 1.32. The molecule has 0 amide bonds. The molecular formula is C13H28. The largest absolute Gasteiger partial charge is 0.0648 e. The molecule has 0 aromatic carbocycles. The zero-order chi connectivity index (χ0) is 10.9. The zero-order valence-corrected chi connectivity index (χ0v) is 10.9. The Morgan fingerprint density at radius 3 is 1.23 bits per heavy atom. The lowest BCUT2D eigenvalue weighted by Crippen LogP contribution is -2.35. The minimum absolute atomic E-state index is 0.412. The molecule has 0 bridgehead atoms. The molecule has 1 atom stereocenters. The lowest BCUT2D eigenvalue weighted by molar-refractivity contribution is 0.0502. The van der Waals surface area contributed by atoms with E-state index in [4.69, 9.17) is 0 Å². The SMILES string of the molecule is CCC(C)(CC(C)(C)C)C(C)(C)C. The monoisotopic (exact) mass is 184 g/mol. The molecule has 0 heteroatoms. The summed E-state index contributed by atoms with van der Waals surface area (Å²) in [5, 5.41) is 0. The van der Waals surface area contributed by atoms with Gasteiger partial charge in [0.25, 0.3) is 0 Å². The van der Waals surface area contributed by atoms with Crippen molar-refractivity contribution in [3.63, 3.8) is 0 Å². The van der Waals surface area contributed by atoms with Crippen molar-refractivity contribution in [3.8, 4) is 0 Å². The number of hydrogen-bond donors (Lipinski definition) is 0. The van der Waals surface area contributed by atoms with Crippen LogP contribution in [-0.4, -0.2) is 0 Å². The Morgan fingerprint density at radius 2 is 1.15 bits per heavy atom. The first-order chi connectivity index (χ1) is 5.52. The fraction of sp³-hybridized carbons (Fsp3) is 1.00. The molecule has 13 heavy (non-hydrogen) atoms. The molecule has 0 fully saturated rings. The summed E-state index contributed by atoms with van der Waals surface area (Å²) in [6, 6.07) is 0. The van der Waals surface area contributed by atoms with Crippen LogP contribution in [0.3, 0.4) is 0 Å². The first-order valence-electron chi connectivity index (χ1n) is 5.52. The average Bonchev–Trinajstić information content (AvgIpc) is 1.81. The third-order valence-electron chi connectivity index (χ3n) is 3.51. The van der Waals surface area contributed by atoms with E-state index in [1.807, 2.05) is 0 Å². The lowest BCUT2D eigenvalue weighted by atomic mass is 9.60. The van der Waals surface area contributed by atoms with E-state index >= 15 is 0 Å². The van der Waals surface area contributed by atoms with Gasteiger partial charge in [-0.3, -0.25) is 0 Å². The summed E-state index contributed by atoms with van der Waals surface area (Å²) in [5.74, 6) is 0. The molecule has 0 aliphatic carbocycles. The maximum atomic E-state index is 2.43. The highest BCUT2D eigenvalue weighted by Crippen LogP contribution is 2.48. The summed E-state index contributed by atoms with van der Waals surface area (Å²) in [6.45, 7) is 18.9. The van der Waals surface area contributed by atoms with Gasteiger partial charge in [0.15, 0.2) is 0 Å². The van der Waals surface area contributed by atoms with Crippen molar-refractivity contribution in [2.24, 2.45) is 16.2 Å². The van der Waals surface area contributed by atoms with Gasteiger partial charge in [0, 0.05) is 0 Å². The fourth-order valence-electron chi connectivity index (χ4n) is 2.09. The van der Waals surface area contributed by atoms with E-state index < -0.39 is 0 Å². The normalized spacial score (nSPS) is 18.5. The summed E-state index contributed by atoms with van der Waals surface area (Å²) in [7, 11) is 0. The standard InChI is InChI=1S/C13H28/c1-9-13(8,12(5,6)7)10-11(2,3)4/h9-10H2,1-8H3. The van der Waals surface area contributed by atoms with Crippen molar-refractivity contribution in [2.45, 2.75) is 68.2 Å². The van der Waals surface area contributed by atoms with Gasteiger partial charge in [0.1, 0.15) is 0 Å². The Morgan fingerprint density at radius 1 is 0.769 bits per heavy atom. The van der Waals surface area contributed by atoms with Gasteiger partial charge in [-0.05, 0) is 22.7 Å². The molecule has 0 N–H and O–H groups in total. The summed E-state index contributed by atoms with van der Waals surface area (Å²) in [4.78, 5) is 0. The molecule has 0 aliphatic rings. The molecule has 0 aliphatic heterocycles. The van der Waals surface area contributed by atoms with Crippen LogP contribution in [0.15, 0.2) is 0 Å². The van der Waals surface area contributed by atoms with Crippen LogP contribution >= 0.6 is 0 Å². The predicted molar refractivity (Wildman–Crippen MR) is 61.9 cm³/mol. The van der Waals surface area contributed by atoms with E-state index in [1.54, 1.807) is 0 Å². The second kappa shape index (κ2) is 3.63. The summed E-state index contributed by atoms with van der Waals surface area (Å²) >= 11 is 0. The molecule has 0 radical (unpaired) electrons. The van der Waals surface area contributed by atoms with E-state index in [-0.39, 0.29) is 0 Å². The molecule has 0 aromatic heterocycles. The fourth-order valence-corrected chi connectivity index (χ4v) is 2.09. The van der Waals surface area contributed by atoms with Crippen LogP contribution in [0.5, 0.6) is 0 Å². The third kappa shape index (κ3) is 3.70. The molecule has 0 saturated heterocycles. The van der Waals surface area contributed by atoms with Crippen molar-refractivity contribution >= 4 is 0 Å². The number of hydrogen-bond acceptors (Lipinski definition) is 0. The van der Waals surface area contributed by atoms with Crippen molar-refractivity contribution in [1.82, 2.24) is 0 Å². The third-order valence-corrected chi connectivity index (χ3v) is 3.51. The van der Waals surface area contributed by atoms with Gasteiger partial charge in [0.2, 0.25) is 0 Å². The minimum Gasteiger partial charge on any atom is -0.0648 e. The molecule has 0 rings (SSSR count). The topological polar surface area (TPSA) is 0 Å². The van der Waals surface area contributed by atoms with Gasteiger partial charge in [-0.1, -0.05) is 61.8 Å². The van der Waals surface area contributed by atoms with Crippen molar-refractivity contribution in [1.29, 1.82) is 0 Å². The van der Waals surface area contributed by atoms with Crippen LogP contribution in [0.1, 0.15) is 68.2 Å². The first-order valence-corrected chi connectivity index (χ1v) is 5.52. The maximum Gasteiger partial charge on any atom is -0.0275 e. The lowest BCUT2D eigenvalue weighted by Gasteiger charge is -2.45. The Labute approximate surface area is 85.1 Å². The van der Waals surface area contributed by atoms with E-state index in [9.17, 15) is 0 Å². The minimum atomic E-state index is 0.412. The predicted octanol–water partition coefficient (Wildman–Crippen LogP) is 4.89. The smallest absolute Gasteiger partial charge is 0.0275 e. The Kier molecular flexibility index (Phi) is 3.63. The van der Waals surface area contributed by atoms with Gasteiger partial charge in [-0.15, -0.1) is 0 Å². The van der Waals surface area contributed by atoms with Crippen molar-refractivity contribution in [2.75, 3.05) is 0 Å². The zero-order valence-electron chi connectivity index (χ0n) is 10.9. The second-order valence-corrected chi connectivity index (χ2v) is 6.90. The van der Waals surface area contributed by atoms with Crippen molar-refractivity contribution < 1.29 is 0 Å². The average molecular weight is 184 g/mol. The summed E-state index contributed by atoms with van der Waals surface area (Å²) < 4.78 is 0. The van der Waals surface area contributed by atoms with E-state index in [1.165, 1.54) is 12.8 Å². The molecule has 0 spiro atoms. The molecule has 1 unspecified atom stereocenters. The Hall–Kier alpha value is 0. The highest BCUT2D eigenvalue weighted by atomic mass is 14.4. The van der Waals surface area contributed by atoms with Gasteiger partial charge in [0.05, 0.1) is 0 Å². The quantitative estimate of drug-likeness (QED) is 0.573.